The van der Waals surface area contributed by atoms with Gasteiger partial charge in [0.25, 0.3) is 5.91 Å². The zero-order valence-electron chi connectivity index (χ0n) is 16.0. The molecule has 1 atom stereocenters. The van der Waals surface area contributed by atoms with E-state index in [1.165, 1.54) is 6.92 Å². The molecule has 0 aliphatic carbocycles. The minimum Gasteiger partial charge on any atom is -0.319 e. The lowest BCUT2D eigenvalue weighted by Gasteiger charge is -2.23. The number of hydrogen-bond donors (Lipinski definition) is 1. The van der Waals surface area contributed by atoms with Gasteiger partial charge in [-0.1, -0.05) is 17.7 Å². The lowest BCUT2D eigenvalue weighted by Crippen LogP contribution is -2.41. The fourth-order valence-corrected chi connectivity index (χ4v) is 4.12. The van der Waals surface area contributed by atoms with Gasteiger partial charge >= 0.3 is 6.03 Å². The number of hydrogen-bond acceptors (Lipinski definition) is 4. The van der Waals surface area contributed by atoms with E-state index in [-0.39, 0.29) is 17.3 Å². The second-order valence-electron chi connectivity index (χ2n) is 7.07. The molecule has 0 unspecified atom stereocenters. The normalized spacial score (nSPS) is 18.9. The summed E-state index contributed by atoms with van der Waals surface area (Å²) in [6, 6.07) is 9.52. The van der Waals surface area contributed by atoms with Crippen LogP contribution in [0.15, 0.2) is 47.4 Å². The van der Waals surface area contributed by atoms with Crippen molar-refractivity contribution >= 4 is 46.2 Å². The van der Waals surface area contributed by atoms with Crippen LogP contribution in [0.5, 0.6) is 0 Å². The van der Waals surface area contributed by atoms with E-state index >= 15 is 0 Å². The number of thioether (sulfide) groups is 1. The summed E-state index contributed by atoms with van der Waals surface area (Å²) in [6.45, 7) is 1.19. The molecular formula is C21H16ClF2N3O2S. The lowest BCUT2D eigenvalue weighted by atomic mass is 9.91. The van der Waals surface area contributed by atoms with Crippen molar-refractivity contribution in [3.63, 3.8) is 0 Å². The maximum absolute atomic E-state index is 14.3. The maximum atomic E-state index is 14.3. The van der Waals surface area contributed by atoms with Gasteiger partial charge in [-0.15, -0.1) is 11.8 Å². The van der Waals surface area contributed by atoms with Gasteiger partial charge in [0.05, 0.1) is 12.1 Å². The highest BCUT2D eigenvalue weighted by Gasteiger charge is 2.50. The van der Waals surface area contributed by atoms with E-state index in [1.54, 1.807) is 17.8 Å². The quantitative estimate of drug-likeness (QED) is 0.352. The number of carbonyl (C=O) groups excluding carboxylic acids is 2. The Balaban J connectivity index is 1.68. The van der Waals surface area contributed by atoms with Gasteiger partial charge in [-0.25, -0.2) is 18.6 Å². The van der Waals surface area contributed by atoms with E-state index in [9.17, 15) is 18.4 Å². The van der Waals surface area contributed by atoms with Gasteiger partial charge in [-0.05, 0) is 49.6 Å². The number of fused-ring (bicyclic) bond motifs is 1. The van der Waals surface area contributed by atoms with Crippen molar-refractivity contribution in [1.29, 1.82) is 0 Å². The minimum atomic E-state index is -1.73. The van der Waals surface area contributed by atoms with E-state index in [4.69, 9.17) is 11.6 Å². The smallest absolute Gasteiger partial charge is 0.319 e. The molecule has 30 heavy (non-hydrogen) atoms. The second-order valence-corrected chi connectivity index (χ2v) is 8.31. The number of imide groups is 1. The van der Waals surface area contributed by atoms with Crippen LogP contribution in [0.2, 0.25) is 5.15 Å². The first-order chi connectivity index (χ1) is 14.2. The number of carbonyl (C=O) groups is 2. The van der Waals surface area contributed by atoms with Gasteiger partial charge in [0.15, 0.2) is 0 Å². The number of aromatic nitrogens is 1. The van der Waals surface area contributed by atoms with Crippen LogP contribution in [-0.4, -0.2) is 28.1 Å². The van der Waals surface area contributed by atoms with Crippen LogP contribution in [0, 0.1) is 11.6 Å². The standard InChI is InChI=1S/C21H16ClF2N3O2S/c1-21(15-8-13(23)4-6-16(15)24)19(28)27(20(29)26-21)10-12-7-11-3-5-14(30-2)9-17(11)25-18(12)22/h3-9H,10H2,1-2H3,(H,26,29)/t21-/m1/s1. The van der Waals surface area contributed by atoms with E-state index in [1.807, 2.05) is 24.5 Å². The van der Waals surface area contributed by atoms with Gasteiger partial charge < -0.3 is 5.32 Å². The van der Waals surface area contributed by atoms with Crippen molar-refractivity contribution in [3.8, 4) is 0 Å². The van der Waals surface area contributed by atoms with Gasteiger partial charge in [0.1, 0.15) is 22.3 Å². The molecule has 3 aromatic rings. The van der Waals surface area contributed by atoms with Crippen LogP contribution in [0.1, 0.15) is 18.1 Å². The molecule has 0 radical (unpaired) electrons. The van der Waals surface area contributed by atoms with Crippen molar-refractivity contribution < 1.29 is 18.4 Å². The number of nitrogens with one attached hydrogen (secondary N) is 1. The average molecular weight is 448 g/mol. The highest BCUT2D eigenvalue weighted by atomic mass is 35.5. The Labute approximate surface area is 180 Å². The molecule has 2 aromatic carbocycles. The Morgan fingerprint density at radius 1 is 1.17 bits per heavy atom. The Morgan fingerprint density at radius 3 is 2.67 bits per heavy atom. The van der Waals surface area contributed by atoms with E-state index in [0.29, 0.717) is 11.1 Å². The van der Waals surface area contributed by atoms with Crippen LogP contribution in [0.3, 0.4) is 0 Å². The molecule has 4 rings (SSSR count). The van der Waals surface area contributed by atoms with Crippen molar-refractivity contribution in [2.75, 3.05) is 6.26 Å². The topological polar surface area (TPSA) is 62.3 Å². The van der Waals surface area contributed by atoms with Gasteiger partial charge in [0.2, 0.25) is 0 Å². The molecule has 9 heteroatoms. The van der Waals surface area contributed by atoms with Gasteiger partial charge in [0, 0.05) is 21.4 Å². The highest BCUT2D eigenvalue weighted by molar-refractivity contribution is 7.98. The first-order valence-electron chi connectivity index (χ1n) is 8.96. The van der Waals surface area contributed by atoms with Crippen LogP contribution in [-0.2, 0) is 16.9 Å². The summed E-state index contributed by atoms with van der Waals surface area (Å²) in [7, 11) is 0. The molecule has 1 fully saturated rings. The molecule has 1 aliphatic heterocycles. The highest BCUT2D eigenvalue weighted by Crippen LogP contribution is 2.33. The second kappa shape index (κ2) is 7.52. The summed E-state index contributed by atoms with van der Waals surface area (Å²) in [6.07, 6.45) is 1.95. The molecular weight excluding hydrogens is 432 g/mol. The molecule has 2 heterocycles. The van der Waals surface area contributed by atoms with Crippen molar-refractivity contribution in [2.24, 2.45) is 0 Å². The van der Waals surface area contributed by atoms with Crippen molar-refractivity contribution in [1.82, 2.24) is 15.2 Å². The zero-order chi connectivity index (χ0) is 21.6. The fraction of sp³-hybridized carbons (Fsp3) is 0.190. The Morgan fingerprint density at radius 2 is 1.93 bits per heavy atom. The largest absolute Gasteiger partial charge is 0.325 e. The lowest BCUT2D eigenvalue weighted by molar-refractivity contribution is -0.131. The summed E-state index contributed by atoms with van der Waals surface area (Å²) in [5.41, 5.74) is -0.809. The molecule has 154 valence electrons. The summed E-state index contributed by atoms with van der Waals surface area (Å²) >= 11 is 7.88. The Hall–Kier alpha value is -2.71. The third-order valence-corrected chi connectivity index (χ3v) is 6.17. The fourth-order valence-electron chi connectivity index (χ4n) is 3.48. The predicted molar refractivity (Wildman–Crippen MR) is 111 cm³/mol. The number of benzene rings is 2. The van der Waals surface area contributed by atoms with Crippen LogP contribution in [0.4, 0.5) is 13.6 Å². The summed E-state index contributed by atoms with van der Waals surface area (Å²) in [4.78, 5) is 31.9. The summed E-state index contributed by atoms with van der Waals surface area (Å²) in [5.74, 6) is -2.20. The molecule has 1 aromatic heterocycles. The first-order valence-corrected chi connectivity index (χ1v) is 10.6. The third kappa shape index (κ3) is 3.40. The molecule has 0 bridgehead atoms. The Bertz CT molecular complexity index is 1210. The van der Waals surface area contributed by atoms with Crippen molar-refractivity contribution in [2.45, 2.75) is 23.9 Å². The molecule has 3 amide bonds. The maximum Gasteiger partial charge on any atom is 0.325 e. The predicted octanol–water partition coefficient (Wildman–Crippen LogP) is 4.86. The molecule has 1 N–H and O–H groups in total. The number of amides is 3. The van der Waals surface area contributed by atoms with Crippen LogP contribution in [0.25, 0.3) is 10.9 Å². The molecule has 0 saturated carbocycles. The first kappa shape index (κ1) is 20.6. The number of urea groups is 1. The zero-order valence-corrected chi connectivity index (χ0v) is 17.6. The molecule has 1 aliphatic rings. The SMILES string of the molecule is CSc1ccc2cc(CN3C(=O)N[C@](C)(c4cc(F)ccc4F)C3=O)c(Cl)nc2c1. The average Bonchev–Trinajstić information content (AvgIpc) is 2.93. The molecule has 1 saturated heterocycles. The number of halogens is 3. The van der Waals surface area contributed by atoms with E-state index in [2.05, 4.69) is 10.3 Å². The van der Waals surface area contributed by atoms with Gasteiger partial charge in [-0.2, -0.15) is 0 Å². The summed E-state index contributed by atoms with van der Waals surface area (Å²) < 4.78 is 28.0. The Kier molecular flexibility index (Phi) is 5.15. The molecule has 0 spiro atoms. The van der Waals surface area contributed by atoms with E-state index in [0.717, 1.165) is 33.4 Å². The summed E-state index contributed by atoms with van der Waals surface area (Å²) in [5, 5.41) is 3.43. The minimum absolute atomic E-state index is 0.150. The molecule has 5 nitrogen and oxygen atoms in total. The number of rotatable bonds is 4. The van der Waals surface area contributed by atoms with E-state index < -0.39 is 29.1 Å². The third-order valence-electron chi connectivity index (χ3n) is 5.12. The van der Waals surface area contributed by atoms with Crippen LogP contribution >= 0.6 is 23.4 Å². The van der Waals surface area contributed by atoms with Crippen molar-refractivity contribution in [3.05, 3.63) is 70.4 Å². The number of pyridine rings is 1. The van der Waals surface area contributed by atoms with Crippen LogP contribution < -0.4 is 5.32 Å². The van der Waals surface area contributed by atoms with Gasteiger partial charge in [-0.3, -0.25) is 9.69 Å². The monoisotopic (exact) mass is 447 g/mol. The number of nitrogens with zero attached hydrogens (tertiary/aromatic N) is 2.